The quantitative estimate of drug-likeness (QED) is 0.195. The van der Waals surface area contributed by atoms with Gasteiger partial charge in [0.1, 0.15) is 0 Å². The second kappa shape index (κ2) is 17.0. The normalized spacial score (nSPS) is 13.8. The smallest absolute Gasteiger partial charge is 0.416 e. The van der Waals surface area contributed by atoms with Crippen molar-refractivity contribution in [1.82, 2.24) is 9.21 Å². The first-order valence-electron chi connectivity index (χ1n) is 14.9. The number of carbonyl (C=O) groups excluding carboxylic acids is 2. The van der Waals surface area contributed by atoms with Crippen molar-refractivity contribution in [3.05, 3.63) is 96.1 Å². The molecule has 0 saturated heterocycles. The topological polar surface area (TPSA) is 156 Å². The lowest BCUT2D eigenvalue weighted by atomic mass is 9.84. The van der Waals surface area contributed by atoms with Crippen LogP contribution in [0.2, 0.25) is 0 Å². The van der Waals surface area contributed by atoms with Gasteiger partial charge in [-0.2, -0.15) is 4.31 Å². The third-order valence-corrected chi connectivity index (χ3v) is 9.75. The zero-order valence-electron chi connectivity index (χ0n) is 25.7. The molecule has 3 atom stereocenters. The average Bonchev–Trinajstić information content (AvgIpc) is 3.05. The molecule has 0 fully saturated rings. The van der Waals surface area contributed by atoms with Gasteiger partial charge >= 0.3 is 6.09 Å². The SMILES string of the molecule is COC(=O)N(C(=O)[C@@H](N)C(c1ccccc1)c1ccccc1)[C@@H](C)CCC[C@@H](CO)N(CCCF)S(=O)(=O)c1ccc(N)cc1. The number of methoxy groups -OCH3 is 1. The fraction of sp³-hybridized carbons (Fsp3) is 0.394. The molecule has 2 amide bonds. The molecule has 244 valence electrons. The monoisotopic (exact) mass is 642 g/mol. The third-order valence-electron chi connectivity index (χ3n) is 7.79. The van der Waals surface area contributed by atoms with Gasteiger partial charge in [-0.3, -0.25) is 9.18 Å². The van der Waals surface area contributed by atoms with Gasteiger partial charge in [-0.15, -0.1) is 0 Å². The molecule has 3 aromatic carbocycles. The number of amides is 2. The van der Waals surface area contributed by atoms with Crippen LogP contribution in [0, 0.1) is 0 Å². The molecule has 0 saturated carbocycles. The first-order valence-corrected chi connectivity index (χ1v) is 16.3. The lowest BCUT2D eigenvalue weighted by Crippen LogP contribution is -2.53. The maximum atomic E-state index is 13.9. The molecule has 5 N–H and O–H groups in total. The van der Waals surface area contributed by atoms with E-state index in [2.05, 4.69) is 0 Å². The van der Waals surface area contributed by atoms with Gasteiger partial charge in [-0.1, -0.05) is 60.7 Å². The fourth-order valence-electron chi connectivity index (χ4n) is 5.41. The summed E-state index contributed by atoms with van der Waals surface area (Å²) in [6.45, 7) is 0.315. The first kappa shape index (κ1) is 35.6. The van der Waals surface area contributed by atoms with Gasteiger partial charge in [0.2, 0.25) is 15.9 Å². The lowest BCUT2D eigenvalue weighted by Gasteiger charge is -2.33. The number of nitrogens with zero attached hydrogens (tertiary/aromatic N) is 2. The summed E-state index contributed by atoms with van der Waals surface area (Å²) in [5.74, 6) is -1.16. The van der Waals surface area contributed by atoms with E-state index in [1.807, 2.05) is 60.7 Å². The van der Waals surface area contributed by atoms with E-state index in [9.17, 15) is 27.5 Å². The Morgan fingerprint density at radius 1 is 0.911 bits per heavy atom. The number of aliphatic hydroxyl groups is 1. The Kier molecular flexibility index (Phi) is 13.5. The van der Waals surface area contributed by atoms with Crippen LogP contribution in [-0.4, -0.2) is 79.8 Å². The van der Waals surface area contributed by atoms with Crippen molar-refractivity contribution in [2.75, 3.05) is 32.7 Å². The van der Waals surface area contributed by atoms with Crippen LogP contribution in [0.5, 0.6) is 0 Å². The Labute approximate surface area is 264 Å². The number of rotatable bonds is 16. The summed E-state index contributed by atoms with van der Waals surface area (Å²) >= 11 is 0. The Bertz CT molecular complexity index is 1420. The first-order chi connectivity index (χ1) is 21.6. The van der Waals surface area contributed by atoms with Gasteiger partial charge in [0.25, 0.3) is 0 Å². The predicted octanol–water partition coefficient (Wildman–Crippen LogP) is 4.29. The Balaban J connectivity index is 1.80. The molecule has 0 heterocycles. The molecule has 12 heteroatoms. The van der Waals surface area contributed by atoms with Crippen LogP contribution in [0.15, 0.2) is 89.8 Å². The maximum absolute atomic E-state index is 13.9. The highest BCUT2D eigenvalue weighted by Crippen LogP contribution is 2.29. The molecule has 3 rings (SSSR count). The molecule has 0 spiro atoms. The van der Waals surface area contributed by atoms with Crippen LogP contribution in [0.25, 0.3) is 0 Å². The molecule has 0 bridgehead atoms. The zero-order chi connectivity index (χ0) is 33.0. The summed E-state index contributed by atoms with van der Waals surface area (Å²) in [6, 6.07) is 21.6. The van der Waals surface area contributed by atoms with Crippen LogP contribution in [0.3, 0.4) is 0 Å². The molecule has 45 heavy (non-hydrogen) atoms. The molecule has 3 aromatic rings. The number of imide groups is 1. The summed E-state index contributed by atoms with van der Waals surface area (Å²) < 4.78 is 46.2. The van der Waals surface area contributed by atoms with E-state index in [0.717, 1.165) is 20.3 Å². The number of hydrogen-bond donors (Lipinski definition) is 3. The molecule has 0 aromatic heterocycles. The van der Waals surface area contributed by atoms with Gasteiger partial charge in [-0.05, 0) is 68.0 Å². The van der Waals surface area contributed by atoms with Gasteiger partial charge in [0.05, 0.1) is 31.3 Å². The summed E-state index contributed by atoms with van der Waals surface area (Å²) in [7, 11) is -2.90. The molecular weight excluding hydrogens is 599 g/mol. The van der Waals surface area contributed by atoms with Crippen molar-refractivity contribution in [2.24, 2.45) is 5.73 Å². The minimum absolute atomic E-state index is 0.0230. The molecule has 0 aliphatic carbocycles. The summed E-state index contributed by atoms with van der Waals surface area (Å²) in [5, 5.41) is 10.2. The second-order valence-electron chi connectivity index (χ2n) is 10.8. The highest BCUT2D eigenvalue weighted by Gasteiger charge is 2.37. The van der Waals surface area contributed by atoms with Gasteiger partial charge in [0, 0.05) is 30.2 Å². The van der Waals surface area contributed by atoms with Gasteiger partial charge in [-0.25, -0.2) is 18.1 Å². The van der Waals surface area contributed by atoms with Crippen LogP contribution in [0.4, 0.5) is 14.9 Å². The maximum Gasteiger partial charge on any atom is 0.416 e. The largest absolute Gasteiger partial charge is 0.452 e. The fourth-order valence-corrected chi connectivity index (χ4v) is 7.10. The number of halogens is 1. The number of anilines is 1. The van der Waals surface area contributed by atoms with Crippen molar-refractivity contribution in [1.29, 1.82) is 0 Å². The number of ether oxygens (including phenoxy) is 1. The van der Waals surface area contributed by atoms with Crippen molar-refractivity contribution < 1.29 is 32.2 Å². The van der Waals surface area contributed by atoms with E-state index < -0.39 is 59.3 Å². The molecule has 0 radical (unpaired) electrons. The minimum Gasteiger partial charge on any atom is -0.452 e. The van der Waals surface area contributed by atoms with Crippen molar-refractivity contribution in [2.45, 2.75) is 61.5 Å². The highest BCUT2D eigenvalue weighted by atomic mass is 32.2. The Morgan fingerprint density at radius 2 is 1.47 bits per heavy atom. The third kappa shape index (κ3) is 9.10. The van der Waals surface area contributed by atoms with E-state index in [-0.39, 0.29) is 30.7 Å². The van der Waals surface area contributed by atoms with Gasteiger partial charge in [0.15, 0.2) is 0 Å². The predicted molar refractivity (Wildman–Crippen MR) is 171 cm³/mol. The number of sulfonamides is 1. The number of alkyl halides is 1. The van der Waals surface area contributed by atoms with Crippen molar-refractivity contribution >= 4 is 27.7 Å². The summed E-state index contributed by atoms with van der Waals surface area (Å²) in [5.41, 5.74) is 14.3. The molecule has 0 aliphatic rings. The standard InChI is InChI=1S/C33H43FN4O6S/c1-24(11-9-16-28(23-39)37(22-10-21-34)45(42,43)29-19-17-27(35)18-20-29)38(33(41)44-2)32(40)31(36)30(25-12-5-3-6-13-25)26-14-7-4-8-15-26/h3-8,12-15,17-20,24,28,30-31,39H,9-11,16,21-23,35-36H2,1-2H3/t24-,28-,31-/m0/s1. The van der Waals surface area contributed by atoms with Crippen LogP contribution < -0.4 is 11.5 Å². The lowest BCUT2D eigenvalue weighted by molar-refractivity contribution is -0.132. The van der Waals surface area contributed by atoms with E-state index in [1.54, 1.807) is 6.92 Å². The second-order valence-corrected chi connectivity index (χ2v) is 12.7. The summed E-state index contributed by atoms with van der Waals surface area (Å²) in [6.07, 6.45) is -0.130. The molecule has 0 aliphatic heterocycles. The highest BCUT2D eigenvalue weighted by molar-refractivity contribution is 7.89. The molecule has 0 unspecified atom stereocenters. The van der Waals surface area contributed by atoms with Crippen LogP contribution >= 0.6 is 0 Å². The number of nitrogen functional groups attached to an aromatic ring is 1. The number of carbonyl (C=O) groups is 2. The van der Waals surface area contributed by atoms with E-state index in [4.69, 9.17) is 16.2 Å². The molecule has 10 nitrogen and oxygen atoms in total. The Hall–Kier alpha value is -3.84. The average molecular weight is 643 g/mol. The summed E-state index contributed by atoms with van der Waals surface area (Å²) in [4.78, 5) is 27.8. The van der Waals surface area contributed by atoms with Gasteiger partial charge < -0.3 is 21.3 Å². The van der Waals surface area contributed by atoms with E-state index in [1.165, 1.54) is 31.4 Å². The van der Waals surface area contributed by atoms with E-state index in [0.29, 0.717) is 12.1 Å². The van der Waals surface area contributed by atoms with Crippen molar-refractivity contribution in [3.8, 4) is 0 Å². The molecular formula is C33H43FN4O6S. The number of benzene rings is 3. The Morgan fingerprint density at radius 3 is 1.96 bits per heavy atom. The zero-order valence-corrected chi connectivity index (χ0v) is 26.5. The van der Waals surface area contributed by atoms with Crippen LogP contribution in [-0.2, 0) is 19.6 Å². The minimum atomic E-state index is -4.08. The number of aliphatic hydroxyl groups excluding tert-OH is 1. The van der Waals surface area contributed by atoms with E-state index >= 15 is 0 Å². The van der Waals surface area contributed by atoms with Crippen LogP contribution in [0.1, 0.15) is 49.7 Å². The number of nitrogens with two attached hydrogens (primary N) is 2. The van der Waals surface area contributed by atoms with Crippen molar-refractivity contribution in [3.63, 3.8) is 0 Å². The number of hydrogen-bond acceptors (Lipinski definition) is 8.